The number of aromatic nitrogens is 5. The molecule has 0 aliphatic carbocycles. The second-order valence-corrected chi connectivity index (χ2v) is 4.75. The van der Waals surface area contributed by atoms with Crippen LogP contribution in [0.15, 0.2) is 6.20 Å². The molecule has 8 nitrogen and oxygen atoms in total. The monoisotopic (exact) mass is 279 g/mol. The Kier molecular flexibility index (Phi) is 3.95. The SMILES string of the molecule is CNc1cnc(C(C)C)nc1C(=O)Nc1nnns1. The summed E-state index contributed by atoms with van der Waals surface area (Å²) in [6.45, 7) is 3.93. The Balaban J connectivity index is 2.30. The van der Waals surface area contributed by atoms with Gasteiger partial charge in [0.15, 0.2) is 5.69 Å². The van der Waals surface area contributed by atoms with E-state index in [-0.39, 0.29) is 17.5 Å². The van der Waals surface area contributed by atoms with Crippen LogP contribution in [-0.4, -0.2) is 37.7 Å². The molecule has 9 heteroatoms. The molecule has 0 aromatic carbocycles. The van der Waals surface area contributed by atoms with Gasteiger partial charge in [0.2, 0.25) is 5.13 Å². The minimum absolute atomic E-state index is 0.139. The number of anilines is 2. The minimum Gasteiger partial charge on any atom is -0.385 e. The van der Waals surface area contributed by atoms with Gasteiger partial charge in [0.1, 0.15) is 5.82 Å². The summed E-state index contributed by atoms with van der Waals surface area (Å²) < 4.78 is 3.57. The average molecular weight is 279 g/mol. The zero-order valence-corrected chi connectivity index (χ0v) is 11.5. The molecule has 0 aliphatic rings. The number of nitrogens with zero attached hydrogens (tertiary/aromatic N) is 5. The molecule has 0 radical (unpaired) electrons. The van der Waals surface area contributed by atoms with E-state index in [0.29, 0.717) is 16.6 Å². The van der Waals surface area contributed by atoms with Crippen LogP contribution in [0.3, 0.4) is 0 Å². The van der Waals surface area contributed by atoms with E-state index in [2.05, 4.69) is 35.4 Å². The highest BCUT2D eigenvalue weighted by Crippen LogP contribution is 2.17. The molecule has 0 bridgehead atoms. The van der Waals surface area contributed by atoms with Gasteiger partial charge < -0.3 is 5.32 Å². The van der Waals surface area contributed by atoms with E-state index >= 15 is 0 Å². The van der Waals surface area contributed by atoms with Crippen LogP contribution in [0.25, 0.3) is 0 Å². The van der Waals surface area contributed by atoms with Crippen molar-refractivity contribution in [2.75, 3.05) is 17.7 Å². The van der Waals surface area contributed by atoms with Crippen LogP contribution in [0.2, 0.25) is 0 Å². The first-order valence-electron chi connectivity index (χ1n) is 5.63. The zero-order valence-electron chi connectivity index (χ0n) is 10.7. The predicted molar refractivity (Wildman–Crippen MR) is 71.3 cm³/mol. The quantitative estimate of drug-likeness (QED) is 0.864. The van der Waals surface area contributed by atoms with Crippen LogP contribution in [0, 0.1) is 0 Å². The van der Waals surface area contributed by atoms with E-state index in [1.165, 1.54) is 0 Å². The van der Waals surface area contributed by atoms with Crippen molar-refractivity contribution in [3.63, 3.8) is 0 Å². The van der Waals surface area contributed by atoms with Crippen LogP contribution in [-0.2, 0) is 0 Å². The molecule has 0 saturated heterocycles. The molecular weight excluding hydrogens is 266 g/mol. The molecule has 100 valence electrons. The molecule has 19 heavy (non-hydrogen) atoms. The molecule has 0 fully saturated rings. The molecule has 0 saturated carbocycles. The number of carbonyl (C=O) groups excluding carboxylic acids is 1. The van der Waals surface area contributed by atoms with Gasteiger partial charge in [0.25, 0.3) is 5.91 Å². The fourth-order valence-electron chi connectivity index (χ4n) is 1.37. The van der Waals surface area contributed by atoms with Gasteiger partial charge in [-0.25, -0.2) is 9.97 Å². The molecule has 2 rings (SSSR count). The van der Waals surface area contributed by atoms with E-state index in [1.807, 2.05) is 13.8 Å². The Morgan fingerprint density at radius 1 is 1.42 bits per heavy atom. The van der Waals surface area contributed by atoms with E-state index < -0.39 is 0 Å². The predicted octanol–water partition coefficient (Wildman–Crippen LogP) is 1.14. The Morgan fingerprint density at radius 2 is 2.21 bits per heavy atom. The van der Waals surface area contributed by atoms with Gasteiger partial charge in [-0.1, -0.05) is 23.4 Å². The van der Waals surface area contributed by atoms with Crippen molar-refractivity contribution in [3.05, 3.63) is 17.7 Å². The third-order valence-corrected chi connectivity index (χ3v) is 2.84. The van der Waals surface area contributed by atoms with Gasteiger partial charge in [-0.3, -0.25) is 10.1 Å². The Hall–Kier alpha value is -2.16. The topological polar surface area (TPSA) is 106 Å². The summed E-state index contributed by atoms with van der Waals surface area (Å²) >= 11 is 1.00. The lowest BCUT2D eigenvalue weighted by molar-refractivity contribution is 0.102. The second-order valence-electron chi connectivity index (χ2n) is 4.02. The maximum Gasteiger partial charge on any atom is 0.278 e. The fourth-order valence-corrected chi connectivity index (χ4v) is 1.73. The molecule has 2 N–H and O–H groups in total. The molecule has 0 unspecified atom stereocenters. The van der Waals surface area contributed by atoms with Crippen molar-refractivity contribution in [1.29, 1.82) is 0 Å². The number of carbonyl (C=O) groups is 1. The smallest absolute Gasteiger partial charge is 0.278 e. The summed E-state index contributed by atoms with van der Waals surface area (Å²) in [7, 11) is 1.71. The highest BCUT2D eigenvalue weighted by molar-refractivity contribution is 7.09. The number of hydrogen-bond acceptors (Lipinski definition) is 8. The van der Waals surface area contributed by atoms with Gasteiger partial charge >= 0.3 is 0 Å². The van der Waals surface area contributed by atoms with Crippen LogP contribution >= 0.6 is 11.5 Å². The summed E-state index contributed by atoms with van der Waals surface area (Å²) in [5.41, 5.74) is 0.829. The lowest BCUT2D eigenvalue weighted by Crippen LogP contribution is -2.17. The van der Waals surface area contributed by atoms with Crippen molar-refractivity contribution in [2.24, 2.45) is 0 Å². The van der Waals surface area contributed by atoms with Crippen molar-refractivity contribution in [1.82, 2.24) is 24.8 Å². The first kappa shape index (κ1) is 13.3. The molecule has 1 amide bonds. The largest absolute Gasteiger partial charge is 0.385 e. The normalized spacial score (nSPS) is 10.5. The summed E-state index contributed by atoms with van der Waals surface area (Å²) in [6.07, 6.45) is 1.59. The Bertz CT molecular complexity index is 569. The third kappa shape index (κ3) is 2.99. The summed E-state index contributed by atoms with van der Waals surface area (Å²) in [5.74, 6) is 0.382. The third-order valence-electron chi connectivity index (χ3n) is 2.33. The standard InChI is InChI=1S/C10H13N7OS/c1-5(2)8-12-4-6(11-3)7(13-8)9(18)14-10-15-16-17-19-10/h4-5,11H,1-3H3,(H,14,15,17,18). The Morgan fingerprint density at radius 3 is 2.79 bits per heavy atom. The average Bonchev–Trinajstić information content (AvgIpc) is 2.90. The maximum absolute atomic E-state index is 12.1. The highest BCUT2D eigenvalue weighted by Gasteiger charge is 2.17. The van der Waals surface area contributed by atoms with Crippen LogP contribution in [0.4, 0.5) is 10.8 Å². The number of rotatable bonds is 4. The maximum atomic E-state index is 12.1. The van der Waals surface area contributed by atoms with Gasteiger partial charge in [0.05, 0.1) is 11.9 Å². The van der Waals surface area contributed by atoms with Gasteiger partial charge in [-0.2, -0.15) is 0 Å². The first-order valence-corrected chi connectivity index (χ1v) is 6.40. The number of nitrogens with one attached hydrogen (secondary N) is 2. The van der Waals surface area contributed by atoms with Gasteiger partial charge in [-0.15, -0.1) is 0 Å². The lowest BCUT2D eigenvalue weighted by atomic mass is 10.2. The highest BCUT2D eigenvalue weighted by atomic mass is 32.1. The van der Waals surface area contributed by atoms with E-state index in [1.54, 1.807) is 13.2 Å². The Labute approximate surface area is 113 Å². The van der Waals surface area contributed by atoms with E-state index in [4.69, 9.17) is 0 Å². The van der Waals surface area contributed by atoms with Crippen molar-refractivity contribution in [2.45, 2.75) is 19.8 Å². The molecular formula is C10H13N7OS. The minimum atomic E-state index is -0.368. The van der Waals surface area contributed by atoms with E-state index in [0.717, 1.165) is 11.5 Å². The molecule has 2 heterocycles. The van der Waals surface area contributed by atoms with Crippen molar-refractivity contribution in [3.8, 4) is 0 Å². The number of amides is 1. The first-order chi connectivity index (χ1) is 9.11. The van der Waals surface area contributed by atoms with Crippen LogP contribution in [0.1, 0.15) is 36.1 Å². The van der Waals surface area contributed by atoms with Crippen molar-refractivity contribution >= 4 is 28.3 Å². The van der Waals surface area contributed by atoms with Crippen LogP contribution < -0.4 is 10.6 Å². The molecule has 2 aromatic rings. The van der Waals surface area contributed by atoms with E-state index in [9.17, 15) is 4.79 Å². The lowest BCUT2D eigenvalue weighted by Gasteiger charge is -2.10. The molecule has 0 aliphatic heterocycles. The van der Waals surface area contributed by atoms with Crippen molar-refractivity contribution < 1.29 is 4.79 Å². The fraction of sp³-hybridized carbons (Fsp3) is 0.400. The van der Waals surface area contributed by atoms with Crippen LogP contribution in [0.5, 0.6) is 0 Å². The summed E-state index contributed by atoms with van der Waals surface area (Å²) in [6, 6.07) is 0. The van der Waals surface area contributed by atoms with Gasteiger partial charge in [-0.05, 0) is 5.21 Å². The molecule has 2 aromatic heterocycles. The molecule has 0 spiro atoms. The summed E-state index contributed by atoms with van der Waals surface area (Å²) in [5, 5.41) is 12.9. The van der Waals surface area contributed by atoms with Gasteiger partial charge in [0, 0.05) is 24.5 Å². The second kappa shape index (κ2) is 5.65. The molecule has 0 atom stereocenters. The zero-order chi connectivity index (χ0) is 13.8. The summed E-state index contributed by atoms with van der Waals surface area (Å²) in [4.78, 5) is 20.6. The number of hydrogen-bond donors (Lipinski definition) is 2.